The van der Waals surface area contributed by atoms with E-state index in [4.69, 9.17) is 4.42 Å². The quantitative estimate of drug-likeness (QED) is 0.649. The molecule has 9 heteroatoms. The third-order valence-corrected chi connectivity index (χ3v) is 4.83. The first-order chi connectivity index (χ1) is 13.3. The second-order valence-electron chi connectivity index (χ2n) is 6.12. The summed E-state index contributed by atoms with van der Waals surface area (Å²) in [4.78, 5) is 28.5. The number of hydrogen-bond acceptors (Lipinski definition) is 5. The minimum atomic E-state index is -0.721. The minimum absolute atomic E-state index is 0.0374. The van der Waals surface area contributed by atoms with Gasteiger partial charge in [0, 0.05) is 17.0 Å². The van der Waals surface area contributed by atoms with Crippen molar-refractivity contribution in [3.63, 3.8) is 0 Å². The summed E-state index contributed by atoms with van der Waals surface area (Å²) in [5, 5.41) is 7.30. The first kappa shape index (κ1) is 19.7. The van der Waals surface area contributed by atoms with E-state index in [-0.39, 0.29) is 23.8 Å². The molecule has 0 aliphatic heterocycles. The van der Waals surface area contributed by atoms with Crippen molar-refractivity contribution in [2.45, 2.75) is 26.3 Å². The average molecular weight is 405 g/mol. The van der Waals surface area contributed by atoms with Crippen molar-refractivity contribution < 1.29 is 22.8 Å². The fourth-order valence-corrected chi connectivity index (χ4v) is 3.32. The van der Waals surface area contributed by atoms with Crippen molar-refractivity contribution in [3.8, 4) is 0 Å². The molecule has 0 saturated carbocycles. The predicted octanol–water partition coefficient (Wildman–Crippen LogP) is 3.99. The Morgan fingerprint density at radius 1 is 1.29 bits per heavy atom. The monoisotopic (exact) mass is 405 g/mol. The van der Waals surface area contributed by atoms with Crippen LogP contribution in [0, 0.1) is 18.6 Å². The highest BCUT2D eigenvalue weighted by atomic mass is 32.1. The molecular formula is C19H17F2N3O3S. The molecule has 3 aromatic rings. The zero-order chi connectivity index (χ0) is 20.3. The van der Waals surface area contributed by atoms with E-state index in [1.165, 1.54) is 23.7 Å². The number of carbonyl (C=O) groups excluding carboxylic acids is 2. The number of anilines is 1. The number of carbonyl (C=O) groups is 2. The molecule has 0 aliphatic carbocycles. The summed E-state index contributed by atoms with van der Waals surface area (Å²) in [6, 6.07) is 4.13. The summed E-state index contributed by atoms with van der Waals surface area (Å²) in [5.74, 6) is -1.62. The van der Waals surface area contributed by atoms with Gasteiger partial charge in [0.05, 0.1) is 30.0 Å². The Morgan fingerprint density at radius 3 is 2.75 bits per heavy atom. The lowest BCUT2D eigenvalue weighted by Crippen LogP contribution is -2.28. The standard InChI is InChI=1S/C19H17F2N3O3S/c1-10(14-4-3-12(20)7-16(14)21)22-17(25)8-13-9-28-19(23-13)24-18(26)15-5-6-27-11(15)2/h3-7,9-10H,8H2,1-2H3,(H,22,25)(H,23,24,26). The second-order valence-corrected chi connectivity index (χ2v) is 6.98. The number of furan rings is 1. The summed E-state index contributed by atoms with van der Waals surface area (Å²) in [5.41, 5.74) is 1.06. The molecular weight excluding hydrogens is 388 g/mol. The summed E-state index contributed by atoms with van der Waals surface area (Å²) < 4.78 is 31.9. The van der Waals surface area contributed by atoms with Gasteiger partial charge < -0.3 is 9.73 Å². The average Bonchev–Trinajstić information content (AvgIpc) is 3.23. The van der Waals surface area contributed by atoms with E-state index in [1.54, 1.807) is 25.3 Å². The van der Waals surface area contributed by atoms with Gasteiger partial charge in [0.25, 0.3) is 5.91 Å². The number of thiazole rings is 1. The molecule has 0 spiro atoms. The third kappa shape index (κ3) is 4.61. The molecule has 2 heterocycles. The van der Waals surface area contributed by atoms with Crippen molar-refractivity contribution >= 4 is 28.3 Å². The molecule has 1 unspecified atom stereocenters. The lowest BCUT2D eigenvalue weighted by molar-refractivity contribution is -0.121. The maximum atomic E-state index is 13.8. The molecule has 2 N–H and O–H groups in total. The van der Waals surface area contributed by atoms with E-state index >= 15 is 0 Å². The predicted molar refractivity (Wildman–Crippen MR) is 100 cm³/mol. The minimum Gasteiger partial charge on any atom is -0.469 e. The third-order valence-electron chi connectivity index (χ3n) is 4.02. The zero-order valence-corrected chi connectivity index (χ0v) is 15.9. The zero-order valence-electron chi connectivity index (χ0n) is 15.1. The van der Waals surface area contributed by atoms with E-state index < -0.39 is 17.7 Å². The number of hydrogen-bond donors (Lipinski definition) is 2. The number of aryl methyl sites for hydroxylation is 1. The fraction of sp³-hybridized carbons (Fsp3) is 0.211. The van der Waals surface area contributed by atoms with E-state index in [0.29, 0.717) is 22.1 Å². The van der Waals surface area contributed by atoms with Crippen LogP contribution in [-0.4, -0.2) is 16.8 Å². The normalized spacial score (nSPS) is 11.9. The van der Waals surface area contributed by atoms with Crippen LogP contribution in [0.3, 0.4) is 0 Å². The maximum absolute atomic E-state index is 13.8. The largest absolute Gasteiger partial charge is 0.469 e. The number of nitrogens with zero attached hydrogens (tertiary/aromatic N) is 1. The number of halogens is 2. The van der Waals surface area contributed by atoms with Gasteiger partial charge in [-0.05, 0) is 26.0 Å². The van der Waals surface area contributed by atoms with Crippen LogP contribution in [0.15, 0.2) is 40.3 Å². The molecule has 28 heavy (non-hydrogen) atoms. The summed E-state index contributed by atoms with van der Waals surface area (Å²) in [6.45, 7) is 3.28. The van der Waals surface area contributed by atoms with Gasteiger partial charge in [-0.3, -0.25) is 14.9 Å². The van der Waals surface area contributed by atoms with Crippen LogP contribution < -0.4 is 10.6 Å². The number of rotatable bonds is 6. The molecule has 0 fully saturated rings. The van der Waals surface area contributed by atoms with Crippen LogP contribution in [0.5, 0.6) is 0 Å². The number of nitrogens with one attached hydrogen (secondary N) is 2. The van der Waals surface area contributed by atoms with Crippen molar-refractivity contribution in [1.82, 2.24) is 10.3 Å². The van der Waals surface area contributed by atoms with Crippen LogP contribution in [0.2, 0.25) is 0 Å². The van der Waals surface area contributed by atoms with Gasteiger partial charge in [0.2, 0.25) is 5.91 Å². The molecule has 0 saturated heterocycles. The molecule has 1 atom stereocenters. The molecule has 3 rings (SSSR count). The van der Waals surface area contributed by atoms with Gasteiger partial charge in [0.15, 0.2) is 5.13 Å². The summed E-state index contributed by atoms with van der Waals surface area (Å²) in [6.07, 6.45) is 1.39. The molecule has 0 aliphatic rings. The Labute approximate surface area is 163 Å². The topological polar surface area (TPSA) is 84.2 Å². The van der Waals surface area contributed by atoms with Crippen LogP contribution in [0.25, 0.3) is 0 Å². The van der Waals surface area contributed by atoms with Crippen molar-refractivity contribution in [3.05, 3.63) is 70.1 Å². The first-order valence-corrected chi connectivity index (χ1v) is 9.25. The Balaban J connectivity index is 1.57. The Hall–Kier alpha value is -3.07. The van der Waals surface area contributed by atoms with Gasteiger partial charge in [-0.25, -0.2) is 13.8 Å². The number of aromatic nitrogens is 1. The van der Waals surface area contributed by atoms with Crippen LogP contribution in [-0.2, 0) is 11.2 Å². The highest BCUT2D eigenvalue weighted by Crippen LogP contribution is 2.20. The van der Waals surface area contributed by atoms with E-state index in [0.717, 1.165) is 12.1 Å². The Kier molecular flexibility index (Phi) is 5.84. The first-order valence-electron chi connectivity index (χ1n) is 8.37. The maximum Gasteiger partial charge on any atom is 0.260 e. The molecule has 6 nitrogen and oxygen atoms in total. The van der Waals surface area contributed by atoms with Crippen molar-refractivity contribution in [2.75, 3.05) is 5.32 Å². The van der Waals surface area contributed by atoms with E-state index in [9.17, 15) is 18.4 Å². The lowest BCUT2D eigenvalue weighted by atomic mass is 10.1. The second kappa shape index (κ2) is 8.30. The van der Waals surface area contributed by atoms with Gasteiger partial charge in [-0.15, -0.1) is 11.3 Å². The van der Waals surface area contributed by atoms with E-state index in [1.807, 2.05) is 0 Å². The molecule has 0 radical (unpaired) electrons. The lowest BCUT2D eigenvalue weighted by Gasteiger charge is -2.14. The SMILES string of the molecule is Cc1occc1C(=O)Nc1nc(CC(=O)NC(C)c2ccc(F)cc2F)cs1. The highest BCUT2D eigenvalue weighted by Gasteiger charge is 2.17. The van der Waals surface area contributed by atoms with Gasteiger partial charge >= 0.3 is 0 Å². The van der Waals surface area contributed by atoms with Crippen LogP contribution in [0.1, 0.15) is 40.3 Å². The van der Waals surface area contributed by atoms with Crippen molar-refractivity contribution in [1.29, 1.82) is 0 Å². The van der Waals surface area contributed by atoms with Crippen LogP contribution in [0.4, 0.5) is 13.9 Å². The van der Waals surface area contributed by atoms with Gasteiger partial charge in [0.1, 0.15) is 17.4 Å². The van der Waals surface area contributed by atoms with Gasteiger partial charge in [-0.2, -0.15) is 0 Å². The smallest absolute Gasteiger partial charge is 0.260 e. The number of amides is 2. The van der Waals surface area contributed by atoms with Crippen molar-refractivity contribution in [2.24, 2.45) is 0 Å². The Bertz CT molecular complexity index is 1020. The highest BCUT2D eigenvalue weighted by molar-refractivity contribution is 7.14. The molecule has 1 aromatic carbocycles. The molecule has 2 aromatic heterocycles. The van der Waals surface area contributed by atoms with Gasteiger partial charge in [-0.1, -0.05) is 6.07 Å². The number of benzene rings is 1. The molecule has 2 amide bonds. The molecule has 0 bridgehead atoms. The summed E-state index contributed by atoms with van der Waals surface area (Å²) >= 11 is 1.19. The van der Waals surface area contributed by atoms with E-state index in [2.05, 4.69) is 15.6 Å². The summed E-state index contributed by atoms with van der Waals surface area (Å²) in [7, 11) is 0. The van der Waals surface area contributed by atoms with Crippen LogP contribution >= 0.6 is 11.3 Å². The Morgan fingerprint density at radius 2 is 2.07 bits per heavy atom. The fourth-order valence-electron chi connectivity index (χ4n) is 2.62. The molecule has 146 valence electrons.